The fourth-order valence-corrected chi connectivity index (χ4v) is 9.17. The van der Waals surface area contributed by atoms with Crippen molar-refractivity contribution in [2.75, 3.05) is 4.90 Å². The van der Waals surface area contributed by atoms with Crippen molar-refractivity contribution < 1.29 is 13.6 Å². The number of benzene rings is 8. The van der Waals surface area contributed by atoms with Crippen LogP contribution in [0.2, 0.25) is 0 Å². The molecule has 55 heavy (non-hydrogen) atoms. The van der Waals surface area contributed by atoms with Crippen molar-refractivity contribution >= 4 is 50.0 Å². The lowest BCUT2D eigenvalue weighted by Gasteiger charge is -2.36. The molecular formula is C51H31NO3. The summed E-state index contributed by atoms with van der Waals surface area (Å²) in [6, 6.07) is 66.3. The van der Waals surface area contributed by atoms with Gasteiger partial charge < -0.3 is 18.5 Å². The van der Waals surface area contributed by atoms with Crippen LogP contribution >= 0.6 is 0 Å². The van der Waals surface area contributed by atoms with E-state index in [1.54, 1.807) is 0 Å². The van der Waals surface area contributed by atoms with Crippen molar-refractivity contribution in [1.29, 1.82) is 0 Å². The van der Waals surface area contributed by atoms with E-state index < -0.39 is 5.41 Å². The second kappa shape index (κ2) is 11.3. The molecule has 0 atom stereocenters. The Kier molecular flexibility index (Phi) is 6.23. The van der Waals surface area contributed by atoms with Crippen LogP contribution in [0.15, 0.2) is 197 Å². The largest absolute Gasteiger partial charge is 0.456 e. The Bertz CT molecular complexity index is 3110. The molecule has 4 nitrogen and oxygen atoms in total. The molecule has 10 aromatic rings. The van der Waals surface area contributed by atoms with E-state index in [-0.39, 0.29) is 0 Å². The molecule has 0 fully saturated rings. The lowest BCUT2D eigenvalue weighted by molar-refractivity contribution is 0.389. The zero-order chi connectivity index (χ0) is 36.1. The molecule has 2 aromatic heterocycles. The van der Waals surface area contributed by atoms with E-state index in [2.05, 4.69) is 175 Å². The minimum atomic E-state index is -0.673. The topological polar surface area (TPSA) is 38.8 Å². The number of hydrogen-bond donors (Lipinski definition) is 0. The van der Waals surface area contributed by atoms with Crippen molar-refractivity contribution in [3.05, 3.63) is 211 Å². The molecule has 1 spiro atoms. The van der Waals surface area contributed by atoms with Gasteiger partial charge in [-0.1, -0.05) is 127 Å². The Hall–Kier alpha value is -7.30. The maximum absolute atomic E-state index is 7.20. The van der Waals surface area contributed by atoms with E-state index in [9.17, 15) is 0 Å². The molecule has 0 bridgehead atoms. The van der Waals surface area contributed by atoms with Gasteiger partial charge in [0, 0.05) is 39.5 Å². The Morgan fingerprint density at radius 3 is 1.85 bits per heavy atom. The highest BCUT2D eigenvalue weighted by molar-refractivity contribution is 6.07. The van der Waals surface area contributed by atoms with Crippen molar-refractivity contribution in [3.63, 3.8) is 0 Å². The van der Waals surface area contributed by atoms with Gasteiger partial charge in [-0.25, -0.2) is 0 Å². The molecule has 0 N–H and O–H groups in total. The predicted octanol–water partition coefficient (Wildman–Crippen LogP) is 13.9. The third-order valence-electron chi connectivity index (χ3n) is 11.5. The Morgan fingerprint density at radius 1 is 0.382 bits per heavy atom. The van der Waals surface area contributed by atoms with Gasteiger partial charge in [-0.05, 0) is 88.0 Å². The molecule has 0 unspecified atom stereocenters. The second-order valence-corrected chi connectivity index (χ2v) is 14.4. The molecule has 0 saturated carbocycles. The first-order valence-electron chi connectivity index (χ1n) is 18.7. The lowest BCUT2D eigenvalue weighted by atomic mass is 9.69. The van der Waals surface area contributed by atoms with Gasteiger partial charge in [0.05, 0.1) is 5.39 Å². The summed E-state index contributed by atoms with van der Waals surface area (Å²) in [5.41, 5.74) is 13.0. The van der Waals surface area contributed by atoms with Crippen LogP contribution in [0.1, 0.15) is 22.5 Å². The maximum Gasteiger partial charge on any atom is 0.178 e. The fourth-order valence-electron chi connectivity index (χ4n) is 9.17. The van der Waals surface area contributed by atoms with Crippen molar-refractivity contribution in [2.45, 2.75) is 5.41 Å². The van der Waals surface area contributed by atoms with Gasteiger partial charge in [-0.2, -0.15) is 0 Å². The number of rotatable bonds is 4. The van der Waals surface area contributed by atoms with Crippen molar-refractivity contribution in [2.24, 2.45) is 0 Å². The number of furan rings is 2. The summed E-state index contributed by atoms with van der Waals surface area (Å²) in [5, 5.41) is 3.09. The summed E-state index contributed by atoms with van der Waals surface area (Å²) in [5.74, 6) is 2.41. The number of nitrogens with zero attached hydrogens (tertiary/aromatic N) is 1. The van der Waals surface area contributed by atoms with Gasteiger partial charge in [0.1, 0.15) is 27.9 Å². The minimum Gasteiger partial charge on any atom is -0.456 e. The number of hydrogen-bond acceptors (Lipinski definition) is 4. The summed E-state index contributed by atoms with van der Waals surface area (Å²) in [6.07, 6.45) is 0. The van der Waals surface area contributed by atoms with Crippen molar-refractivity contribution in [3.8, 4) is 33.8 Å². The first kappa shape index (κ1) is 30.2. The number of ether oxygens (including phenoxy) is 1. The molecule has 0 amide bonds. The van der Waals surface area contributed by atoms with Gasteiger partial charge in [0.25, 0.3) is 0 Å². The van der Waals surface area contributed by atoms with Gasteiger partial charge in [-0.15, -0.1) is 0 Å². The van der Waals surface area contributed by atoms with Gasteiger partial charge in [0.2, 0.25) is 0 Å². The van der Waals surface area contributed by atoms with Crippen LogP contribution in [0.3, 0.4) is 0 Å². The first-order valence-corrected chi connectivity index (χ1v) is 18.7. The number of anilines is 3. The molecule has 258 valence electrons. The summed E-state index contributed by atoms with van der Waals surface area (Å²) in [4.78, 5) is 2.31. The maximum atomic E-state index is 7.20. The van der Waals surface area contributed by atoms with Gasteiger partial charge in [0.15, 0.2) is 11.5 Å². The summed E-state index contributed by atoms with van der Waals surface area (Å²) >= 11 is 0. The average molecular weight is 706 g/mol. The highest BCUT2D eigenvalue weighted by atomic mass is 16.5. The van der Waals surface area contributed by atoms with E-state index >= 15 is 0 Å². The van der Waals surface area contributed by atoms with E-state index in [0.717, 1.165) is 83.9 Å². The van der Waals surface area contributed by atoms with Gasteiger partial charge >= 0.3 is 0 Å². The van der Waals surface area contributed by atoms with E-state index in [1.165, 1.54) is 22.3 Å². The van der Waals surface area contributed by atoms with E-state index in [0.29, 0.717) is 0 Å². The third kappa shape index (κ3) is 4.22. The van der Waals surface area contributed by atoms with E-state index in [1.807, 2.05) is 18.2 Å². The first-order chi connectivity index (χ1) is 27.3. The Balaban J connectivity index is 1.10. The zero-order valence-corrected chi connectivity index (χ0v) is 29.6. The predicted molar refractivity (Wildman–Crippen MR) is 221 cm³/mol. The Labute approximate surface area is 317 Å². The standard InChI is InChI=1S/C51H31NO3/c1-2-13-32(14-3-1)33-15-12-16-34(29-33)52(35-26-28-46-41(30-35)39-19-6-10-23-45(39)53-46)36-25-27-40-48(31-36)55-50-49(40)54-47-24-11-9-22-44(47)51(50)42-20-7-4-17-37(42)38-18-5-8-21-43(38)51/h1-31H. The molecular weight excluding hydrogens is 675 g/mol. The zero-order valence-electron chi connectivity index (χ0n) is 29.6. The molecule has 8 aromatic carbocycles. The van der Waals surface area contributed by atoms with Crippen LogP contribution in [0, 0.1) is 0 Å². The smallest absolute Gasteiger partial charge is 0.178 e. The van der Waals surface area contributed by atoms with Crippen LogP contribution in [-0.4, -0.2) is 0 Å². The van der Waals surface area contributed by atoms with Crippen molar-refractivity contribution in [1.82, 2.24) is 0 Å². The normalized spacial score (nSPS) is 13.4. The average Bonchev–Trinajstić information content (AvgIpc) is 3.90. The van der Waals surface area contributed by atoms with Gasteiger partial charge in [-0.3, -0.25) is 0 Å². The Morgan fingerprint density at radius 2 is 1.02 bits per heavy atom. The summed E-state index contributed by atoms with van der Waals surface area (Å²) in [6.45, 7) is 0. The number of para-hydroxylation sites is 2. The molecule has 3 heterocycles. The quantitative estimate of drug-likeness (QED) is 0.183. The van der Waals surface area contributed by atoms with Crippen LogP contribution in [0.4, 0.5) is 17.1 Å². The molecule has 0 radical (unpaired) electrons. The fraction of sp³-hybridized carbons (Fsp3) is 0.0196. The van der Waals surface area contributed by atoms with Crippen LogP contribution in [0.25, 0.3) is 55.2 Å². The monoisotopic (exact) mass is 705 g/mol. The molecule has 12 rings (SSSR count). The van der Waals surface area contributed by atoms with Crippen LogP contribution in [0.5, 0.6) is 11.5 Å². The van der Waals surface area contributed by atoms with E-state index in [4.69, 9.17) is 13.6 Å². The SMILES string of the molecule is c1ccc(-c2cccc(N(c3ccc4c5c(oc4c3)C3(c4ccccc4O5)c4ccccc4-c4ccccc43)c3ccc4oc5ccccc5c4c3)c2)cc1. The van der Waals surface area contributed by atoms with Crippen LogP contribution in [-0.2, 0) is 5.41 Å². The third-order valence-corrected chi connectivity index (χ3v) is 11.5. The second-order valence-electron chi connectivity index (χ2n) is 14.4. The highest BCUT2D eigenvalue weighted by Gasteiger charge is 2.54. The summed E-state index contributed by atoms with van der Waals surface area (Å²) < 4.78 is 20.3. The number of fused-ring (bicyclic) bond motifs is 14. The molecule has 0 saturated heterocycles. The molecule has 1 aliphatic carbocycles. The lowest BCUT2D eigenvalue weighted by Crippen LogP contribution is -2.31. The van der Waals surface area contributed by atoms with Crippen LogP contribution < -0.4 is 9.64 Å². The molecule has 2 aliphatic rings. The highest BCUT2D eigenvalue weighted by Crippen LogP contribution is 2.63. The molecule has 1 aliphatic heterocycles. The minimum absolute atomic E-state index is 0.673. The molecule has 4 heteroatoms. The summed E-state index contributed by atoms with van der Waals surface area (Å²) in [7, 11) is 0.